The van der Waals surface area contributed by atoms with Gasteiger partial charge in [0.2, 0.25) is 5.95 Å². The molecular formula is C19H22N6O2. The fraction of sp³-hybridized carbons (Fsp3) is 0.368. The number of aryl methyl sites for hydroxylation is 2. The zero-order chi connectivity index (χ0) is 19.3. The quantitative estimate of drug-likeness (QED) is 0.703. The summed E-state index contributed by atoms with van der Waals surface area (Å²) in [5.41, 5.74) is 3.03. The average molecular weight is 366 g/mol. The Morgan fingerprint density at radius 1 is 1.15 bits per heavy atom. The molecule has 0 fully saturated rings. The van der Waals surface area contributed by atoms with Crippen molar-refractivity contribution in [3.05, 3.63) is 56.2 Å². The third-order valence-electron chi connectivity index (χ3n) is 5.01. The summed E-state index contributed by atoms with van der Waals surface area (Å²) >= 11 is 0. The number of anilines is 1. The van der Waals surface area contributed by atoms with Crippen LogP contribution in [0.15, 0.2) is 39.0 Å². The van der Waals surface area contributed by atoms with E-state index < -0.39 is 0 Å². The number of hydrogen-bond donors (Lipinski definition) is 0. The maximum Gasteiger partial charge on any atom is 0.332 e. The molecule has 2 aromatic heterocycles. The Balaban J connectivity index is 1.99. The number of hydrazone groups is 1. The highest BCUT2D eigenvalue weighted by Gasteiger charge is 2.25. The Hall–Kier alpha value is -3.16. The zero-order valence-corrected chi connectivity index (χ0v) is 15.9. The van der Waals surface area contributed by atoms with E-state index in [-0.39, 0.29) is 17.8 Å². The summed E-state index contributed by atoms with van der Waals surface area (Å²) in [5, 5.41) is 6.25. The molecule has 4 rings (SSSR count). The van der Waals surface area contributed by atoms with Gasteiger partial charge >= 0.3 is 5.69 Å². The van der Waals surface area contributed by atoms with Crippen LogP contribution in [0.2, 0.25) is 0 Å². The van der Waals surface area contributed by atoms with Crippen LogP contribution in [-0.2, 0) is 20.1 Å². The van der Waals surface area contributed by atoms with Crippen molar-refractivity contribution in [2.24, 2.45) is 12.1 Å². The lowest BCUT2D eigenvalue weighted by Gasteiger charge is -2.23. The van der Waals surface area contributed by atoms with Gasteiger partial charge in [-0.1, -0.05) is 24.3 Å². The summed E-state index contributed by atoms with van der Waals surface area (Å²) < 4.78 is 4.60. The SMILES string of the molecule is CCN1N=C(C)Cn2c1nc1c2c(=O)n(Cc2ccccc2C)c(=O)n1C. The van der Waals surface area contributed by atoms with Crippen LogP contribution in [0.1, 0.15) is 25.0 Å². The van der Waals surface area contributed by atoms with Gasteiger partial charge < -0.3 is 0 Å². The molecule has 0 unspecified atom stereocenters. The molecule has 0 amide bonds. The largest absolute Gasteiger partial charge is 0.332 e. The second-order valence-corrected chi connectivity index (χ2v) is 6.88. The Labute approximate surface area is 156 Å². The van der Waals surface area contributed by atoms with Gasteiger partial charge in [-0.25, -0.2) is 9.80 Å². The summed E-state index contributed by atoms with van der Waals surface area (Å²) in [4.78, 5) is 30.7. The molecule has 1 aromatic carbocycles. The minimum Gasteiger partial charge on any atom is -0.297 e. The van der Waals surface area contributed by atoms with Crippen molar-refractivity contribution in [2.45, 2.75) is 33.9 Å². The third-order valence-corrected chi connectivity index (χ3v) is 5.01. The molecule has 3 heterocycles. The van der Waals surface area contributed by atoms with Gasteiger partial charge in [-0.2, -0.15) is 10.1 Å². The molecular weight excluding hydrogens is 344 g/mol. The lowest BCUT2D eigenvalue weighted by molar-refractivity contribution is 0.651. The lowest BCUT2D eigenvalue weighted by atomic mass is 10.1. The smallest absolute Gasteiger partial charge is 0.297 e. The van der Waals surface area contributed by atoms with E-state index in [1.165, 1.54) is 9.13 Å². The monoisotopic (exact) mass is 366 g/mol. The molecule has 0 aliphatic carbocycles. The zero-order valence-electron chi connectivity index (χ0n) is 15.9. The molecule has 140 valence electrons. The van der Waals surface area contributed by atoms with Crippen LogP contribution in [0.5, 0.6) is 0 Å². The van der Waals surface area contributed by atoms with Crippen molar-refractivity contribution in [2.75, 3.05) is 11.6 Å². The first-order valence-corrected chi connectivity index (χ1v) is 8.98. The minimum absolute atomic E-state index is 0.235. The van der Waals surface area contributed by atoms with Crippen molar-refractivity contribution in [1.29, 1.82) is 0 Å². The van der Waals surface area contributed by atoms with E-state index in [4.69, 9.17) is 0 Å². The van der Waals surface area contributed by atoms with Crippen molar-refractivity contribution in [3.63, 3.8) is 0 Å². The van der Waals surface area contributed by atoms with Crippen LogP contribution in [-0.4, -0.2) is 30.9 Å². The number of rotatable bonds is 3. The fourth-order valence-corrected chi connectivity index (χ4v) is 3.53. The van der Waals surface area contributed by atoms with Gasteiger partial charge in [0.1, 0.15) is 0 Å². The molecule has 1 aliphatic rings. The van der Waals surface area contributed by atoms with Gasteiger partial charge in [0.25, 0.3) is 5.56 Å². The molecule has 0 N–H and O–H groups in total. The Bertz CT molecular complexity index is 1200. The van der Waals surface area contributed by atoms with E-state index in [2.05, 4.69) is 10.1 Å². The van der Waals surface area contributed by atoms with Crippen LogP contribution >= 0.6 is 0 Å². The molecule has 0 atom stereocenters. The van der Waals surface area contributed by atoms with Gasteiger partial charge in [0, 0.05) is 13.6 Å². The van der Waals surface area contributed by atoms with Crippen LogP contribution in [0.4, 0.5) is 5.95 Å². The predicted molar refractivity (Wildman–Crippen MR) is 106 cm³/mol. The Morgan fingerprint density at radius 2 is 1.89 bits per heavy atom. The third kappa shape index (κ3) is 2.59. The van der Waals surface area contributed by atoms with E-state index in [0.717, 1.165) is 16.8 Å². The second-order valence-electron chi connectivity index (χ2n) is 6.88. The molecule has 0 saturated carbocycles. The van der Waals surface area contributed by atoms with E-state index in [9.17, 15) is 9.59 Å². The first kappa shape index (κ1) is 17.3. The van der Waals surface area contributed by atoms with Crippen molar-refractivity contribution < 1.29 is 0 Å². The molecule has 0 bridgehead atoms. The topological polar surface area (TPSA) is 77.4 Å². The van der Waals surface area contributed by atoms with Gasteiger partial charge in [-0.3, -0.25) is 18.5 Å². The summed E-state index contributed by atoms with van der Waals surface area (Å²) in [7, 11) is 1.65. The Kier molecular flexibility index (Phi) is 3.98. The minimum atomic E-state index is -0.369. The van der Waals surface area contributed by atoms with Crippen molar-refractivity contribution in [1.82, 2.24) is 18.7 Å². The molecule has 0 saturated heterocycles. The molecule has 8 heteroatoms. The normalized spacial score (nSPS) is 13.8. The van der Waals surface area contributed by atoms with E-state index in [0.29, 0.717) is 30.2 Å². The van der Waals surface area contributed by atoms with Crippen molar-refractivity contribution >= 4 is 22.8 Å². The molecule has 3 aromatic rings. The number of benzene rings is 1. The summed E-state index contributed by atoms with van der Waals surface area (Å²) in [6, 6.07) is 7.77. The van der Waals surface area contributed by atoms with E-state index in [1.54, 1.807) is 12.1 Å². The highest BCUT2D eigenvalue weighted by molar-refractivity contribution is 5.87. The maximum absolute atomic E-state index is 13.3. The van der Waals surface area contributed by atoms with Crippen LogP contribution < -0.4 is 16.3 Å². The van der Waals surface area contributed by atoms with Gasteiger partial charge in [-0.15, -0.1) is 0 Å². The summed E-state index contributed by atoms with van der Waals surface area (Å²) in [6.45, 7) is 7.22. The van der Waals surface area contributed by atoms with Crippen LogP contribution in [0.25, 0.3) is 11.2 Å². The highest BCUT2D eigenvalue weighted by atomic mass is 16.2. The first-order chi connectivity index (χ1) is 12.9. The highest BCUT2D eigenvalue weighted by Crippen LogP contribution is 2.23. The number of aromatic nitrogens is 4. The predicted octanol–water partition coefficient (Wildman–Crippen LogP) is 1.47. The van der Waals surface area contributed by atoms with Gasteiger partial charge in [0.15, 0.2) is 11.2 Å². The number of fused-ring (bicyclic) bond motifs is 3. The Morgan fingerprint density at radius 3 is 2.59 bits per heavy atom. The molecule has 0 radical (unpaired) electrons. The standard InChI is InChI=1S/C19H22N6O2/c1-5-25-18-20-16-15(23(18)10-13(3)21-25)17(26)24(19(27)22(16)4)11-14-9-7-6-8-12(14)2/h6-9H,5,10-11H2,1-4H3. The molecule has 1 aliphatic heterocycles. The number of nitrogens with zero attached hydrogens (tertiary/aromatic N) is 6. The number of hydrogen-bond acceptors (Lipinski definition) is 5. The van der Waals surface area contributed by atoms with Crippen molar-refractivity contribution in [3.8, 4) is 0 Å². The lowest BCUT2D eigenvalue weighted by Crippen LogP contribution is -2.40. The summed E-state index contributed by atoms with van der Waals surface area (Å²) in [5.74, 6) is 0.596. The second kappa shape index (κ2) is 6.22. The van der Waals surface area contributed by atoms with Gasteiger partial charge in [-0.05, 0) is 31.9 Å². The molecule has 8 nitrogen and oxygen atoms in total. The average Bonchev–Trinajstić information content (AvgIpc) is 3.03. The fourth-order valence-electron chi connectivity index (χ4n) is 3.53. The molecule has 0 spiro atoms. The van der Waals surface area contributed by atoms with E-state index in [1.807, 2.05) is 49.6 Å². The van der Waals surface area contributed by atoms with E-state index >= 15 is 0 Å². The van der Waals surface area contributed by atoms with Crippen LogP contribution in [0, 0.1) is 6.92 Å². The number of imidazole rings is 1. The summed E-state index contributed by atoms with van der Waals surface area (Å²) in [6.07, 6.45) is 0. The van der Waals surface area contributed by atoms with Gasteiger partial charge in [0.05, 0.1) is 18.8 Å². The van der Waals surface area contributed by atoms with Crippen LogP contribution in [0.3, 0.4) is 0 Å². The molecule has 27 heavy (non-hydrogen) atoms. The first-order valence-electron chi connectivity index (χ1n) is 8.98. The maximum atomic E-state index is 13.3.